The molecule has 3 aromatic rings. The van der Waals surface area contributed by atoms with Crippen LogP contribution < -0.4 is 5.56 Å². The number of hydrogen-bond acceptors (Lipinski definition) is 6. The summed E-state index contributed by atoms with van der Waals surface area (Å²) in [6, 6.07) is 1.52. The van der Waals surface area contributed by atoms with Crippen LogP contribution in [0.15, 0.2) is 28.4 Å². The van der Waals surface area contributed by atoms with Crippen LogP contribution >= 0.6 is 23.4 Å². The van der Waals surface area contributed by atoms with Crippen molar-refractivity contribution in [1.29, 1.82) is 0 Å². The molecule has 0 N–H and O–H groups in total. The number of fused-ring (bicyclic) bond motifs is 1. The number of halogens is 1. The van der Waals surface area contributed by atoms with Gasteiger partial charge in [-0.1, -0.05) is 23.4 Å². The first-order valence-corrected chi connectivity index (χ1v) is 7.66. The first-order chi connectivity index (χ1) is 10.1. The molecule has 0 spiro atoms. The predicted molar refractivity (Wildman–Crippen MR) is 79.9 cm³/mol. The molecule has 0 atom stereocenters. The van der Waals surface area contributed by atoms with Crippen LogP contribution in [0.2, 0.25) is 5.15 Å². The van der Waals surface area contributed by atoms with E-state index in [0.29, 0.717) is 22.6 Å². The van der Waals surface area contributed by atoms with Crippen molar-refractivity contribution >= 4 is 29.1 Å². The average molecular weight is 323 g/mol. The van der Waals surface area contributed by atoms with E-state index in [2.05, 4.69) is 20.1 Å². The molecule has 21 heavy (non-hydrogen) atoms. The number of hydrogen-bond donors (Lipinski definition) is 0. The van der Waals surface area contributed by atoms with Crippen LogP contribution in [0.5, 0.6) is 0 Å². The Labute approximate surface area is 129 Å². The molecular formula is C12H11ClN6OS. The Bertz CT molecular complexity index is 857. The fourth-order valence-corrected chi connectivity index (χ4v) is 2.38. The molecule has 7 nitrogen and oxygen atoms in total. The quantitative estimate of drug-likeness (QED) is 0.679. The lowest BCUT2D eigenvalue weighted by atomic mass is 10.3. The smallest absolute Gasteiger partial charge is 0.275 e. The van der Waals surface area contributed by atoms with Gasteiger partial charge in [-0.2, -0.15) is 9.50 Å². The van der Waals surface area contributed by atoms with Crippen LogP contribution in [0.1, 0.15) is 11.4 Å². The number of rotatable bonds is 3. The second-order valence-corrected chi connectivity index (χ2v) is 5.51. The maximum Gasteiger partial charge on any atom is 0.275 e. The second-order valence-electron chi connectivity index (χ2n) is 4.35. The molecule has 0 saturated carbocycles. The summed E-state index contributed by atoms with van der Waals surface area (Å²) in [7, 11) is 0. The van der Waals surface area contributed by atoms with E-state index in [9.17, 15) is 4.79 Å². The standard InChI is InChI=1S/C12H11ClN6OS/c1-7-3-10(20)19-12(16-11(17-19)21-2)18(7)6-8-4-15-9(13)5-14-8/h3-5H,6H2,1-2H3. The van der Waals surface area contributed by atoms with E-state index in [4.69, 9.17) is 11.6 Å². The topological polar surface area (TPSA) is 78.0 Å². The van der Waals surface area contributed by atoms with Crippen molar-refractivity contribution in [2.45, 2.75) is 18.6 Å². The molecule has 0 fully saturated rings. The molecule has 108 valence electrons. The van der Waals surface area contributed by atoms with Crippen LogP contribution in [0.25, 0.3) is 5.78 Å². The fraction of sp³-hybridized carbons (Fsp3) is 0.250. The number of thioether (sulfide) groups is 1. The van der Waals surface area contributed by atoms with Gasteiger partial charge in [0.05, 0.1) is 24.6 Å². The lowest BCUT2D eigenvalue weighted by molar-refractivity contribution is 0.713. The molecule has 0 aromatic carbocycles. The zero-order valence-corrected chi connectivity index (χ0v) is 12.9. The fourth-order valence-electron chi connectivity index (χ4n) is 1.95. The van der Waals surface area contributed by atoms with Crippen molar-refractivity contribution in [3.05, 3.63) is 45.4 Å². The van der Waals surface area contributed by atoms with Gasteiger partial charge in [-0.25, -0.2) is 4.98 Å². The van der Waals surface area contributed by atoms with Crippen LogP contribution in [0.4, 0.5) is 0 Å². The molecular weight excluding hydrogens is 312 g/mol. The van der Waals surface area contributed by atoms with E-state index >= 15 is 0 Å². The first-order valence-electron chi connectivity index (χ1n) is 6.06. The van der Waals surface area contributed by atoms with E-state index < -0.39 is 0 Å². The lowest BCUT2D eigenvalue weighted by Crippen LogP contribution is -2.20. The molecule has 0 saturated heterocycles. The summed E-state index contributed by atoms with van der Waals surface area (Å²) in [6.07, 6.45) is 4.95. The van der Waals surface area contributed by atoms with Crippen LogP contribution in [-0.2, 0) is 6.54 Å². The Morgan fingerprint density at radius 1 is 1.33 bits per heavy atom. The van der Waals surface area contributed by atoms with Gasteiger partial charge in [0, 0.05) is 11.8 Å². The van der Waals surface area contributed by atoms with Crippen molar-refractivity contribution in [3.63, 3.8) is 0 Å². The second kappa shape index (κ2) is 5.45. The number of aryl methyl sites for hydroxylation is 1. The zero-order valence-electron chi connectivity index (χ0n) is 11.3. The Hall–Kier alpha value is -1.93. The highest BCUT2D eigenvalue weighted by molar-refractivity contribution is 7.98. The predicted octanol–water partition coefficient (Wildman–Crippen LogP) is 1.41. The summed E-state index contributed by atoms with van der Waals surface area (Å²) >= 11 is 7.12. The third-order valence-corrected chi connectivity index (χ3v) is 3.69. The SMILES string of the molecule is CSc1nc2n(Cc3cnc(Cl)cn3)c(C)cc(=O)n2n1. The Morgan fingerprint density at radius 3 is 2.81 bits per heavy atom. The molecule has 0 unspecified atom stereocenters. The maximum absolute atomic E-state index is 12.0. The van der Waals surface area contributed by atoms with Gasteiger partial charge in [0.1, 0.15) is 5.15 Å². The van der Waals surface area contributed by atoms with Gasteiger partial charge >= 0.3 is 0 Å². The summed E-state index contributed by atoms with van der Waals surface area (Å²) in [5.74, 6) is 0.487. The molecule has 9 heteroatoms. The van der Waals surface area contributed by atoms with Gasteiger partial charge in [0.25, 0.3) is 5.56 Å². The van der Waals surface area contributed by atoms with E-state index in [1.54, 1.807) is 6.20 Å². The Balaban J connectivity index is 2.14. The largest absolute Gasteiger partial charge is 0.308 e. The lowest BCUT2D eigenvalue weighted by Gasteiger charge is -2.10. The van der Waals surface area contributed by atoms with Gasteiger partial charge in [0.15, 0.2) is 0 Å². The molecule has 3 rings (SSSR count). The van der Waals surface area contributed by atoms with Crippen molar-refractivity contribution in [1.82, 2.24) is 29.1 Å². The minimum absolute atomic E-state index is 0.200. The van der Waals surface area contributed by atoms with Gasteiger partial charge in [-0.15, -0.1) is 5.10 Å². The van der Waals surface area contributed by atoms with E-state index in [-0.39, 0.29) is 5.56 Å². The van der Waals surface area contributed by atoms with Crippen LogP contribution in [-0.4, -0.2) is 35.4 Å². The third-order valence-electron chi connectivity index (χ3n) is 2.96. The van der Waals surface area contributed by atoms with Gasteiger partial charge in [0.2, 0.25) is 10.9 Å². The van der Waals surface area contributed by atoms with E-state index in [1.165, 1.54) is 28.5 Å². The zero-order chi connectivity index (χ0) is 15.0. The van der Waals surface area contributed by atoms with Gasteiger partial charge in [-0.3, -0.25) is 9.78 Å². The van der Waals surface area contributed by atoms with Crippen molar-refractivity contribution < 1.29 is 0 Å². The van der Waals surface area contributed by atoms with Crippen LogP contribution in [0.3, 0.4) is 0 Å². The molecule has 0 aliphatic heterocycles. The van der Waals surface area contributed by atoms with E-state index in [0.717, 1.165) is 11.4 Å². The molecule has 0 aliphatic rings. The first kappa shape index (κ1) is 14.0. The summed E-state index contributed by atoms with van der Waals surface area (Å²) in [4.78, 5) is 24.6. The highest BCUT2D eigenvalue weighted by Gasteiger charge is 2.12. The highest BCUT2D eigenvalue weighted by Crippen LogP contribution is 2.12. The average Bonchev–Trinajstić information content (AvgIpc) is 2.90. The third kappa shape index (κ3) is 2.64. The molecule has 0 bridgehead atoms. The number of nitrogens with zero attached hydrogens (tertiary/aromatic N) is 6. The van der Waals surface area contributed by atoms with Gasteiger partial charge in [-0.05, 0) is 13.2 Å². The summed E-state index contributed by atoms with van der Waals surface area (Å²) in [6.45, 7) is 2.28. The minimum Gasteiger partial charge on any atom is -0.308 e. The van der Waals surface area contributed by atoms with Crippen LogP contribution in [0, 0.1) is 6.92 Å². The molecule has 3 heterocycles. The Morgan fingerprint density at radius 2 is 2.14 bits per heavy atom. The van der Waals surface area contributed by atoms with E-state index in [1.807, 2.05) is 17.7 Å². The monoisotopic (exact) mass is 322 g/mol. The molecule has 0 radical (unpaired) electrons. The minimum atomic E-state index is -0.200. The molecule has 0 amide bonds. The Kier molecular flexibility index (Phi) is 3.64. The summed E-state index contributed by atoms with van der Waals surface area (Å²) in [5, 5.41) is 5.06. The molecule has 3 aromatic heterocycles. The number of aromatic nitrogens is 6. The summed E-state index contributed by atoms with van der Waals surface area (Å²) in [5.41, 5.74) is 1.31. The summed E-state index contributed by atoms with van der Waals surface area (Å²) < 4.78 is 3.16. The molecule has 0 aliphatic carbocycles. The highest BCUT2D eigenvalue weighted by atomic mass is 35.5. The normalized spacial score (nSPS) is 11.2. The van der Waals surface area contributed by atoms with Crippen molar-refractivity contribution in [3.8, 4) is 0 Å². The van der Waals surface area contributed by atoms with Crippen molar-refractivity contribution in [2.75, 3.05) is 6.26 Å². The van der Waals surface area contributed by atoms with Crippen molar-refractivity contribution in [2.24, 2.45) is 0 Å². The maximum atomic E-state index is 12.0. The van der Waals surface area contributed by atoms with Gasteiger partial charge < -0.3 is 4.57 Å².